The van der Waals surface area contributed by atoms with Gasteiger partial charge in [0.1, 0.15) is 67.6 Å². The molecule has 104 heavy (non-hydrogen) atoms. The normalized spacial score (nSPS) is 25.3. The summed E-state index contributed by atoms with van der Waals surface area (Å²) in [4.78, 5) is 72.4. The number of ether oxygens (including phenoxy) is 17. The summed E-state index contributed by atoms with van der Waals surface area (Å²) in [6, 6.07) is 61.5. The van der Waals surface area contributed by atoms with Crippen LogP contribution in [0.5, 0.6) is 0 Å². The average Bonchev–Trinajstić information content (AvgIpc) is 1.42. The second-order valence-electron chi connectivity index (χ2n) is 25.2. The summed E-state index contributed by atoms with van der Waals surface area (Å²) in [5.41, 5.74) is 4.99. The van der Waals surface area contributed by atoms with Gasteiger partial charge in [-0.2, -0.15) is 0 Å². The molecule has 0 spiro atoms. The molecular weight excluding hydrogens is 1340 g/mol. The maximum Gasteiger partial charge on any atom is 0.303 e. The molecule has 0 aliphatic carbocycles. The van der Waals surface area contributed by atoms with Crippen molar-refractivity contribution < 1.29 is 110 Å². The summed E-state index contributed by atoms with van der Waals surface area (Å²) in [6.07, 6.45) is -20.2. The molecule has 3 saturated heterocycles. The van der Waals surface area contributed by atoms with Gasteiger partial charge in [-0.25, -0.2) is 0 Å². The largest absolute Gasteiger partial charge is 0.463 e. The molecule has 0 saturated carbocycles. The molecule has 15 atom stereocenters. The van der Waals surface area contributed by atoms with E-state index in [2.05, 4.69) is 0 Å². The maximum atomic E-state index is 15.1. The van der Waals surface area contributed by atoms with Crippen molar-refractivity contribution in [2.24, 2.45) is 0 Å². The van der Waals surface area contributed by atoms with Gasteiger partial charge in [0.15, 0.2) is 31.1 Å². The van der Waals surface area contributed by atoms with Crippen molar-refractivity contribution in [1.82, 2.24) is 4.90 Å². The van der Waals surface area contributed by atoms with Gasteiger partial charge >= 0.3 is 17.9 Å². The van der Waals surface area contributed by atoms with Crippen LogP contribution in [0, 0.1) is 0 Å². The van der Waals surface area contributed by atoms with E-state index in [-0.39, 0.29) is 104 Å². The number of benzene rings is 7. The Morgan fingerprint density at radius 1 is 0.346 bits per heavy atom. The first-order valence-electron chi connectivity index (χ1n) is 34.8. The van der Waals surface area contributed by atoms with Gasteiger partial charge in [-0.05, 0) is 45.5 Å². The number of nitrogens with zero attached hydrogens (tertiary/aromatic N) is 1. The average molecular weight is 1430 g/mol. The van der Waals surface area contributed by atoms with Crippen LogP contribution in [-0.2, 0) is 135 Å². The Kier molecular flexibility index (Phi) is 29.1. The lowest BCUT2D eigenvalue weighted by molar-refractivity contribution is -0.385. The number of fused-ring (bicyclic) bond motifs is 1. The van der Waals surface area contributed by atoms with Crippen molar-refractivity contribution in [3.05, 3.63) is 251 Å². The SMILES string of the molecule is CC(=O)OC[C@H]1O[C@@H](O[C@H]2[C@H](OCc3ccccc3)[C@@H](N3C(=O)c4ccccc4C3=O)[C@H](OCCOCCOCCO)O[C@@H]2COCc2ccccc2)[C@H](OC(C)=O)[C@@H](O[C@H]2O[C@H](COCc3ccccc3)[C@H](OCc3ccccc3)[C@H](OCc3ccccc3)[C@H]2OCc2ccccc2)[C@H]1OC(C)=O. The highest BCUT2D eigenvalue weighted by molar-refractivity contribution is 6.21. The van der Waals surface area contributed by atoms with E-state index in [0.29, 0.717) is 5.56 Å². The van der Waals surface area contributed by atoms with E-state index in [0.717, 1.165) is 39.6 Å². The van der Waals surface area contributed by atoms with E-state index in [9.17, 15) is 19.5 Å². The monoisotopic (exact) mass is 1430 g/mol. The van der Waals surface area contributed by atoms with Crippen LogP contribution in [0.3, 0.4) is 0 Å². The number of aliphatic hydroxyl groups is 1. The van der Waals surface area contributed by atoms with Crippen molar-refractivity contribution in [3.63, 3.8) is 0 Å². The van der Waals surface area contributed by atoms with Gasteiger partial charge in [0.2, 0.25) is 0 Å². The van der Waals surface area contributed by atoms with Crippen LogP contribution >= 0.6 is 0 Å². The molecule has 7 aromatic carbocycles. The van der Waals surface area contributed by atoms with Crippen molar-refractivity contribution in [3.8, 4) is 0 Å². The van der Waals surface area contributed by atoms with Crippen molar-refractivity contribution in [2.45, 2.75) is 152 Å². The van der Waals surface area contributed by atoms with Gasteiger partial charge in [0, 0.05) is 20.8 Å². The summed E-state index contributed by atoms with van der Waals surface area (Å²) < 4.78 is 114. The molecule has 11 rings (SSSR count). The van der Waals surface area contributed by atoms with E-state index in [1.54, 1.807) is 24.3 Å². The minimum Gasteiger partial charge on any atom is -0.463 e. The van der Waals surface area contributed by atoms with Gasteiger partial charge in [-0.15, -0.1) is 0 Å². The third kappa shape index (κ3) is 21.4. The van der Waals surface area contributed by atoms with Crippen molar-refractivity contribution in [1.29, 1.82) is 0 Å². The maximum absolute atomic E-state index is 15.1. The highest BCUT2D eigenvalue weighted by atomic mass is 16.8. The first-order chi connectivity index (χ1) is 50.9. The number of hydrogen-bond donors (Lipinski definition) is 1. The minimum atomic E-state index is -1.87. The predicted molar refractivity (Wildman–Crippen MR) is 371 cm³/mol. The Hall–Kier alpha value is -8.51. The first-order valence-corrected chi connectivity index (χ1v) is 34.8. The molecule has 4 heterocycles. The highest BCUT2D eigenvalue weighted by Crippen LogP contribution is 2.41. The zero-order valence-electron chi connectivity index (χ0n) is 58.3. The van der Waals surface area contributed by atoms with E-state index < -0.39 is 128 Å². The number of hydrogen-bond acceptors (Lipinski definition) is 23. The van der Waals surface area contributed by atoms with Crippen molar-refractivity contribution in [2.75, 3.05) is 59.5 Å². The van der Waals surface area contributed by atoms with Gasteiger partial charge in [-0.1, -0.05) is 194 Å². The summed E-state index contributed by atoms with van der Waals surface area (Å²) >= 11 is 0. The Balaban J connectivity index is 1.03. The zero-order valence-corrected chi connectivity index (χ0v) is 58.3. The topological polar surface area (TPSA) is 266 Å². The molecule has 0 unspecified atom stereocenters. The van der Waals surface area contributed by atoms with E-state index in [4.69, 9.17) is 80.5 Å². The van der Waals surface area contributed by atoms with Crippen molar-refractivity contribution >= 4 is 29.7 Å². The standard InChI is InChI=1S/C80H89NO23/c1-53(83)93-52-66-70(98-54(2)84)73(104-79-74(97-49-61-34-20-9-21-35-61)72(96-48-60-32-18-8-19-33-60)68(94-46-58-28-14-6-15-29-58)64(101-79)50-90-44-56-24-10-4-11-25-56)75(99-55(3)85)80(102-66)103-69-65(51-91-45-57-26-12-5-13-27-57)100-78(92-43-42-89-41-40-88-39-38-82)67(71(69)95-47-59-30-16-7-17-31-59)81-76(86)62-36-22-23-37-63(62)77(81)87/h4-37,64-75,78-80,82H,38-52H2,1-3H3/t64-,65-,66-,67-,68+,69-,70+,71-,72+,73+,74-,75-,78-,79-,80+/m1/s1. The molecule has 7 aromatic rings. The second-order valence-corrected chi connectivity index (χ2v) is 25.2. The molecule has 4 aliphatic rings. The summed E-state index contributed by atoms with van der Waals surface area (Å²) in [5.74, 6) is -3.85. The van der Waals surface area contributed by atoms with Crippen LogP contribution in [-0.4, -0.2) is 191 Å². The first kappa shape index (κ1) is 76.6. The molecule has 0 aromatic heterocycles. The molecule has 3 fully saturated rings. The smallest absolute Gasteiger partial charge is 0.303 e. The van der Waals surface area contributed by atoms with E-state index in [1.165, 1.54) is 13.8 Å². The molecule has 552 valence electrons. The lowest BCUT2D eigenvalue weighted by atomic mass is 9.93. The molecule has 24 heteroatoms. The van der Waals surface area contributed by atoms with Crippen LogP contribution in [0.4, 0.5) is 0 Å². The van der Waals surface area contributed by atoms with Crippen LogP contribution in [0.1, 0.15) is 74.9 Å². The number of carbonyl (C=O) groups is 5. The number of carbonyl (C=O) groups excluding carboxylic acids is 5. The fraction of sp³-hybridized carbons (Fsp3) is 0.412. The second kappa shape index (κ2) is 39.6. The van der Waals surface area contributed by atoms with Crippen LogP contribution in [0.15, 0.2) is 206 Å². The van der Waals surface area contributed by atoms with Gasteiger partial charge in [0.05, 0.1) is 104 Å². The molecule has 24 nitrogen and oxygen atoms in total. The molecule has 1 N–H and O–H groups in total. The Bertz CT molecular complexity index is 3720. The number of amides is 2. The van der Waals surface area contributed by atoms with Crippen LogP contribution < -0.4 is 0 Å². The van der Waals surface area contributed by atoms with E-state index in [1.807, 2.05) is 182 Å². The lowest BCUT2D eigenvalue weighted by Crippen LogP contribution is -2.70. The summed E-state index contributed by atoms with van der Waals surface area (Å²) in [7, 11) is 0. The number of esters is 3. The van der Waals surface area contributed by atoms with E-state index >= 15 is 9.59 Å². The third-order valence-electron chi connectivity index (χ3n) is 17.6. The summed E-state index contributed by atoms with van der Waals surface area (Å²) in [6.45, 7) is 2.83. The highest BCUT2D eigenvalue weighted by Gasteiger charge is 2.60. The molecule has 0 bridgehead atoms. The fourth-order valence-electron chi connectivity index (χ4n) is 12.8. The summed E-state index contributed by atoms with van der Waals surface area (Å²) in [5, 5.41) is 9.29. The molecular formula is C80H89NO23. The zero-order chi connectivity index (χ0) is 72.4. The van der Waals surface area contributed by atoms with Gasteiger partial charge in [-0.3, -0.25) is 28.9 Å². The predicted octanol–water partition coefficient (Wildman–Crippen LogP) is 8.84. The van der Waals surface area contributed by atoms with Gasteiger partial charge < -0.3 is 85.6 Å². The molecule has 2 amide bonds. The lowest BCUT2D eigenvalue weighted by Gasteiger charge is -2.52. The Morgan fingerprint density at radius 2 is 0.712 bits per heavy atom. The van der Waals surface area contributed by atoms with Crippen LogP contribution in [0.2, 0.25) is 0 Å². The quantitative estimate of drug-likeness (QED) is 0.0164. The number of rotatable bonds is 38. The number of imide groups is 1. The Labute approximate surface area is 604 Å². The Morgan fingerprint density at radius 3 is 1.17 bits per heavy atom. The number of aliphatic hydroxyl groups excluding tert-OH is 1. The van der Waals surface area contributed by atoms with Crippen LogP contribution in [0.25, 0.3) is 0 Å². The molecule has 0 radical (unpaired) electrons. The molecule has 4 aliphatic heterocycles. The minimum absolute atomic E-state index is 0.0119. The fourth-order valence-corrected chi connectivity index (χ4v) is 12.8. The van der Waals surface area contributed by atoms with Gasteiger partial charge in [0.25, 0.3) is 11.8 Å². The third-order valence-corrected chi connectivity index (χ3v) is 17.6.